The van der Waals surface area contributed by atoms with Gasteiger partial charge in [-0.05, 0) is 21.0 Å². The Hall–Kier alpha value is 1.67. The Kier molecular flexibility index (Phi) is 19.1. The second-order valence-corrected chi connectivity index (χ2v) is 6.05. The molecule has 0 bridgehead atoms. The third-order valence-electron chi connectivity index (χ3n) is 0.747. The molecule has 14 heavy (non-hydrogen) atoms. The van der Waals surface area contributed by atoms with Gasteiger partial charge >= 0.3 is 64.2 Å². The standard InChI is InChI=1S/C4H11NO.C2H5.K.H3O4P/c1-4(6)5(2)3;1-2;;1-5(2,3)4/h4,6H,1-3H3;1H2,2H3;;(H3,1,2,3,4). The first kappa shape index (κ1) is 21.0. The van der Waals surface area contributed by atoms with E-state index in [1.165, 1.54) is 0.515 Å². The molecule has 0 rings (SSSR count). The summed E-state index contributed by atoms with van der Waals surface area (Å²) in [7, 11) is -0.991. The Morgan fingerprint density at radius 1 is 1.36 bits per heavy atom. The van der Waals surface area contributed by atoms with Crippen LogP contribution in [0.25, 0.3) is 0 Å². The summed E-state index contributed by atoms with van der Waals surface area (Å²) in [6.45, 7) is 3.93. The number of hydrogen-bond donors (Lipinski definition) is 4. The van der Waals surface area contributed by atoms with E-state index in [0.29, 0.717) is 0 Å². The molecule has 0 heterocycles. The smallest absolute Gasteiger partial charge is 0.303 e. The van der Waals surface area contributed by atoms with E-state index in [1.807, 2.05) is 14.1 Å². The van der Waals surface area contributed by atoms with Crippen LogP contribution in [0.15, 0.2) is 0 Å². The maximum Gasteiger partial charge on any atom is 0.466 e. The fourth-order valence-corrected chi connectivity index (χ4v) is 0. The molecule has 0 fully saturated rings. The van der Waals surface area contributed by atoms with Crippen LogP contribution in [0.2, 0.25) is 0.515 Å². The predicted molar refractivity (Wildman–Crippen MR) is 55.9 cm³/mol. The van der Waals surface area contributed by atoms with Gasteiger partial charge in [-0.15, -0.1) is 0 Å². The van der Waals surface area contributed by atoms with Crippen molar-refractivity contribution in [1.82, 2.24) is 4.90 Å². The van der Waals surface area contributed by atoms with E-state index < -0.39 is 7.82 Å². The van der Waals surface area contributed by atoms with Crippen LogP contribution < -0.4 is 0 Å². The summed E-state index contributed by atoms with van der Waals surface area (Å²) in [5, 5.41) is 8.56. The van der Waals surface area contributed by atoms with Gasteiger partial charge < -0.3 is 19.8 Å². The van der Waals surface area contributed by atoms with Gasteiger partial charge in [0.2, 0.25) is 0 Å². The van der Waals surface area contributed by atoms with Gasteiger partial charge in [-0.3, -0.25) is 4.90 Å². The minimum absolute atomic E-state index is 0.315. The molecular formula is C6H19KNO5P. The fraction of sp³-hybridized carbons (Fsp3) is 1.00. The number of phosphoric acid groups is 1. The first-order valence-corrected chi connectivity index (χ1v) is 7.96. The van der Waals surface area contributed by atoms with Gasteiger partial charge in [0, 0.05) is 0 Å². The number of hydrogen-bond acceptors (Lipinski definition) is 3. The molecule has 1 unspecified atom stereocenters. The molecule has 0 aliphatic rings. The Morgan fingerprint density at radius 2 is 1.43 bits per heavy atom. The molecule has 4 N–H and O–H groups in total. The van der Waals surface area contributed by atoms with Crippen LogP contribution in [0.3, 0.4) is 0 Å². The zero-order valence-electron chi connectivity index (χ0n) is 9.38. The van der Waals surface area contributed by atoms with Gasteiger partial charge in [-0.1, -0.05) is 0 Å². The van der Waals surface area contributed by atoms with Crippen LogP contribution >= 0.6 is 7.82 Å². The van der Waals surface area contributed by atoms with E-state index in [4.69, 9.17) is 24.4 Å². The molecule has 8 heteroatoms. The Morgan fingerprint density at radius 3 is 1.43 bits per heavy atom. The third-order valence-corrected chi connectivity index (χ3v) is 0.747. The minimum atomic E-state index is -4.64. The Balaban J connectivity index is -0.000000138. The number of aliphatic hydroxyl groups excluding tert-OH is 1. The van der Waals surface area contributed by atoms with Gasteiger partial charge in [0.15, 0.2) is 0 Å². The van der Waals surface area contributed by atoms with E-state index in [1.54, 1.807) is 11.8 Å². The van der Waals surface area contributed by atoms with E-state index in [-0.39, 0.29) is 6.23 Å². The number of nitrogens with zero attached hydrogens (tertiary/aromatic N) is 1. The van der Waals surface area contributed by atoms with Crippen molar-refractivity contribution in [2.75, 3.05) is 14.1 Å². The summed E-state index contributed by atoms with van der Waals surface area (Å²) in [6, 6.07) is 0. The molecule has 0 aromatic carbocycles. The van der Waals surface area contributed by atoms with Crippen molar-refractivity contribution in [1.29, 1.82) is 0 Å². The van der Waals surface area contributed by atoms with Crippen LogP contribution in [0.5, 0.6) is 0 Å². The van der Waals surface area contributed by atoms with Crippen molar-refractivity contribution in [2.45, 2.75) is 20.6 Å². The maximum absolute atomic E-state index is 8.88. The molecule has 0 aromatic rings. The average molecular weight is 255 g/mol. The molecule has 0 aliphatic heterocycles. The molecule has 0 aliphatic carbocycles. The molecule has 6 nitrogen and oxygen atoms in total. The van der Waals surface area contributed by atoms with Crippen LogP contribution in [-0.2, 0) is 4.57 Å². The van der Waals surface area contributed by atoms with Gasteiger partial charge in [-0.25, -0.2) is 4.57 Å². The zero-order chi connectivity index (χ0) is 12.4. The Bertz CT molecular complexity index is 135. The van der Waals surface area contributed by atoms with Crippen molar-refractivity contribution in [3.63, 3.8) is 0 Å². The summed E-state index contributed by atoms with van der Waals surface area (Å²) >= 11 is 1.10. The predicted octanol–water partition coefficient (Wildman–Crippen LogP) is -0.449. The van der Waals surface area contributed by atoms with Gasteiger partial charge in [0.05, 0.1) is 0 Å². The van der Waals surface area contributed by atoms with Crippen molar-refractivity contribution < 1.29 is 24.4 Å². The van der Waals surface area contributed by atoms with Crippen molar-refractivity contribution in [3.05, 3.63) is 0 Å². The molecule has 0 saturated carbocycles. The van der Waals surface area contributed by atoms with Gasteiger partial charge in [0.1, 0.15) is 6.23 Å². The van der Waals surface area contributed by atoms with Crippen molar-refractivity contribution >= 4 is 56.8 Å². The van der Waals surface area contributed by atoms with Gasteiger partial charge in [0.25, 0.3) is 0 Å². The van der Waals surface area contributed by atoms with E-state index >= 15 is 0 Å². The second-order valence-electron chi connectivity index (χ2n) is 2.82. The topological polar surface area (TPSA) is 101 Å². The van der Waals surface area contributed by atoms with E-state index in [0.717, 1.165) is 49.0 Å². The fourth-order valence-electron chi connectivity index (χ4n) is 0. The van der Waals surface area contributed by atoms with Crippen molar-refractivity contribution in [2.24, 2.45) is 0 Å². The molecule has 0 saturated heterocycles. The third kappa shape index (κ3) is 68.3. The largest absolute Gasteiger partial charge is 0.466 e. The Labute approximate surface area is 119 Å². The minimum Gasteiger partial charge on any atom is -0.303 e. The zero-order valence-corrected chi connectivity index (χ0v) is 13.4. The summed E-state index contributed by atoms with van der Waals surface area (Å²) in [6.07, 6.45) is -0.315. The van der Waals surface area contributed by atoms with Crippen molar-refractivity contribution in [3.8, 4) is 0 Å². The summed E-state index contributed by atoms with van der Waals surface area (Å²) in [4.78, 5) is 23.3. The van der Waals surface area contributed by atoms with Gasteiger partial charge in [-0.2, -0.15) is 0 Å². The first-order chi connectivity index (χ1) is 6.06. The van der Waals surface area contributed by atoms with Crippen LogP contribution in [-0.4, -0.2) is 94.0 Å². The van der Waals surface area contributed by atoms with Crippen LogP contribution in [0.1, 0.15) is 13.8 Å². The molecule has 0 spiro atoms. The van der Waals surface area contributed by atoms with Crippen LogP contribution in [0.4, 0.5) is 0 Å². The first-order valence-electron chi connectivity index (χ1n) is 4.18. The molecule has 0 radical (unpaired) electrons. The molecule has 0 amide bonds. The van der Waals surface area contributed by atoms with E-state index in [2.05, 4.69) is 6.92 Å². The van der Waals surface area contributed by atoms with E-state index in [9.17, 15) is 0 Å². The number of aliphatic hydroxyl groups is 1. The maximum atomic E-state index is 8.88. The molecular weight excluding hydrogens is 236 g/mol. The molecule has 1 atom stereocenters. The quantitative estimate of drug-likeness (QED) is 0.288. The molecule has 0 aromatic heterocycles. The summed E-state index contributed by atoms with van der Waals surface area (Å²) in [5.41, 5.74) is 0. The summed E-state index contributed by atoms with van der Waals surface area (Å²) in [5.74, 6) is 0. The normalized spacial score (nSPS) is 12.2. The van der Waals surface area contributed by atoms with Crippen LogP contribution in [0, 0.1) is 0 Å². The monoisotopic (exact) mass is 255 g/mol. The number of rotatable bonds is 1. The summed E-state index contributed by atoms with van der Waals surface area (Å²) < 4.78 is 10.3. The SMILES string of the molecule is CC(O)N(C)C.C[CH2][K].O=P(O)(O)O. The second kappa shape index (κ2) is 12.7. The molecule has 84 valence electrons. The average Bonchev–Trinajstić information content (AvgIpc) is 1.84.